The first kappa shape index (κ1) is 19.8. The molecule has 140 valence electrons. The summed E-state index contributed by atoms with van der Waals surface area (Å²) in [7, 11) is 0. The average Bonchev–Trinajstić information content (AvgIpc) is 2.64. The molecule has 1 unspecified atom stereocenters. The van der Waals surface area contributed by atoms with Crippen molar-refractivity contribution in [1.82, 2.24) is 15.1 Å². The van der Waals surface area contributed by atoms with Crippen molar-refractivity contribution in [3.05, 3.63) is 35.4 Å². The van der Waals surface area contributed by atoms with Gasteiger partial charge in [0.25, 0.3) is 5.91 Å². The molecule has 1 aliphatic heterocycles. The third-order valence-electron chi connectivity index (χ3n) is 4.35. The largest absolute Gasteiger partial charge is 0.416 e. The van der Waals surface area contributed by atoms with Crippen LogP contribution >= 0.6 is 0 Å². The zero-order valence-corrected chi connectivity index (χ0v) is 14.3. The van der Waals surface area contributed by atoms with E-state index >= 15 is 0 Å². The molecule has 1 fully saturated rings. The van der Waals surface area contributed by atoms with Crippen LogP contribution in [0.3, 0.4) is 0 Å². The molecule has 1 aromatic rings. The van der Waals surface area contributed by atoms with E-state index in [9.17, 15) is 22.8 Å². The summed E-state index contributed by atoms with van der Waals surface area (Å²) >= 11 is 0. The van der Waals surface area contributed by atoms with E-state index < -0.39 is 11.7 Å². The van der Waals surface area contributed by atoms with Crippen molar-refractivity contribution in [2.45, 2.75) is 19.1 Å². The summed E-state index contributed by atoms with van der Waals surface area (Å²) in [6.45, 7) is 3.71. The number of hydrogen-bond donors (Lipinski definition) is 1. The van der Waals surface area contributed by atoms with E-state index in [2.05, 4.69) is 11.2 Å². The minimum absolute atomic E-state index is 0.162. The van der Waals surface area contributed by atoms with Gasteiger partial charge in [-0.2, -0.15) is 13.2 Å². The first-order valence-electron chi connectivity index (χ1n) is 8.16. The SMILES string of the molecule is C#CCNC(=O)C(C)N1CCN(C(=O)c2ccc(C(F)(F)F)cc2)CC1. The van der Waals surface area contributed by atoms with Crippen molar-refractivity contribution in [3.63, 3.8) is 0 Å². The molecule has 0 saturated carbocycles. The van der Waals surface area contributed by atoms with Crippen molar-refractivity contribution in [3.8, 4) is 12.3 Å². The van der Waals surface area contributed by atoms with Crippen LogP contribution in [0.25, 0.3) is 0 Å². The maximum Gasteiger partial charge on any atom is 0.416 e. The van der Waals surface area contributed by atoms with Crippen LogP contribution in [0.15, 0.2) is 24.3 Å². The minimum atomic E-state index is -4.43. The Labute approximate surface area is 150 Å². The van der Waals surface area contributed by atoms with Crippen LogP contribution in [0.5, 0.6) is 0 Å². The van der Waals surface area contributed by atoms with Gasteiger partial charge in [-0.15, -0.1) is 6.42 Å². The number of rotatable bonds is 4. The zero-order valence-electron chi connectivity index (χ0n) is 14.3. The summed E-state index contributed by atoms with van der Waals surface area (Å²) in [5.41, 5.74) is -0.572. The highest BCUT2D eigenvalue weighted by molar-refractivity contribution is 5.94. The third-order valence-corrected chi connectivity index (χ3v) is 4.35. The van der Waals surface area contributed by atoms with Crippen molar-refractivity contribution in [2.24, 2.45) is 0 Å². The Morgan fingerprint density at radius 3 is 2.27 bits per heavy atom. The summed E-state index contributed by atoms with van der Waals surface area (Å²) in [6.07, 6.45) is 0.683. The number of alkyl halides is 3. The third kappa shape index (κ3) is 4.76. The number of hydrogen-bond acceptors (Lipinski definition) is 3. The van der Waals surface area contributed by atoms with E-state index in [1.165, 1.54) is 12.1 Å². The van der Waals surface area contributed by atoms with E-state index in [0.29, 0.717) is 26.2 Å². The molecule has 2 rings (SSSR count). The molecule has 1 aliphatic rings. The van der Waals surface area contributed by atoms with Gasteiger partial charge in [-0.05, 0) is 31.2 Å². The number of carbonyl (C=O) groups is 2. The Kier molecular flexibility index (Phi) is 6.27. The van der Waals surface area contributed by atoms with Gasteiger partial charge in [-0.25, -0.2) is 0 Å². The van der Waals surface area contributed by atoms with Gasteiger partial charge in [0, 0.05) is 31.7 Å². The lowest BCUT2D eigenvalue weighted by Crippen LogP contribution is -2.55. The molecule has 5 nitrogen and oxygen atoms in total. The van der Waals surface area contributed by atoms with Crippen LogP contribution in [0.4, 0.5) is 13.2 Å². The molecular weight excluding hydrogens is 347 g/mol. The Balaban J connectivity index is 1.92. The summed E-state index contributed by atoms with van der Waals surface area (Å²) in [6, 6.07) is 3.82. The molecule has 0 radical (unpaired) electrons. The van der Waals surface area contributed by atoms with Gasteiger partial charge < -0.3 is 10.2 Å². The number of amides is 2. The molecule has 1 atom stereocenters. The standard InChI is InChI=1S/C18H20F3N3O2/c1-3-8-22-16(25)13(2)23-9-11-24(12-10-23)17(26)14-4-6-15(7-5-14)18(19,20)21/h1,4-7,13H,8-12H2,2H3,(H,22,25). The number of piperazine rings is 1. The van der Waals surface area contributed by atoms with Crippen LogP contribution in [0, 0.1) is 12.3 Å². The van der Waals surface area contributed by atoms with Crippen molar-refractivity contribution in [2.75, 3.05) is 32.7 Å². The Morgan fingerprint density at radius 2 is 1.77 bits per heavy atom. The molecule has 0 bridgehead atoms. The Hall–Kier alpha value is -2.53. The van der Waals surface area contributed by atoms with Crippen molar-refractivity contribution in [1.29, 1.82) is 0 Å². The van der Waals surface area contributed by atoms with Gasteiger partial charge in [0.1, 0.15) is 0 Å². The van der Waals surface area contributed by atoms with E-state index in [1.807, 2.05) is 4.90 Å². The second-order valence-electron chi connectivity index (χ2n) is 6.00. The lowest BCUT2D eigenvalue weighted by atomic mass is 10.1. The van der Waals surface area contributed by atoms with Gasteiger partial charge >= 0.3 is 6.18 Å². The summed E-state index contributed by atoms with van der Waals surface area (Å²) in [4.78, 5) is 27.9. The maximum absolute atomic E-state index is 12.6. The normalized spacial score (nSPS) is 16.7. The molecule has 2 amide bonds. The first-order valence-corrected chi connectivity index (χ1v) is 8.16. The summed E-state index contributed by atoms with van der Waals surface area (Å²) < 4.78 is 37.8. The number of benzene rings is 1. The van der Waals surface area contributed by atoms with Crippen LogP contribution in [0.2, 0.25) is 0 Å². The molecule has 8 heteroatoms. The molecule has 1 N–H and O–H groups in total. The molecule has 1 aromatic carbocycles. The fraction of sp³-hybridized carbons (Fsp3) is 0.444. The molecule has 26 heavy (non-hydrogen) atoms. The lowest BCUT2D eigenvalue weighted by Gasteiger charge is -2.37. The molecule has 0 spiro atoms. The van der Waals surface area contributed by atoms with E-state index in [0.717, 1.165) is 12.1 Å². The van der Waals surface area contributed by atoms with Crippen LogP contribution in [-0.2, 0) is 11.0 Å². The second kappa shape index (κ2) is 8.23. The first-order chi connectivity index (χ1) is 12.2. The number of nitrogens with zero attached hydrogens (tertiary/aromatic N) is 2. The van der Waals surface area contributed by atoms with Crippen molar-refractivity contribution >= 4 is 11.8 Å². The van der Waals surface area contributed by atoms with Gasteiger partial charge in [-0.1, -0.05) is 5.92 Å². The van der Waals surface area contributed by atoms with Gasteiger partial charge in [-0.3, -0.25) is 14.5 Å². The predicted octanol–water partition coefficient (Wildman–Crippen LogP) is 1.60. The monoisotopic (exact) mass is 367 g/mol. The fourth-order valence-corrected chi connectivity index (χ4v) is 2.75. The number of carbonyl (C=O) groups excluding carboxylic acids is 2. The van der Waals surface area contributed by atoms with Crippen molar-refractivity contribution < 1.29 is 22.8 Å². The minimum Gasteiger partial charge on any atom is -0.344 e. The smallest absolute Gasteiger partial charge is 0.344 e. The van der Waals surface area contributed by atoms with E-state index in [1.54, 1.807) is 11.8 Å². The van der Waals surface area contributed by atoms with Gasteiger partial charge in [0.05, 0.1) is 18.2 Å². The highest BCUT2D eigenvalue weighted by atomic mass is 19.4. The van der Waals surface area contributed by atoms with Gasteiger partial charge in [0.2, 0.25) is 5.91 Å². The highest BCUT2D eigenvalue weighted by Crippen LogP contribution is 2.29. The fourth-order valence-electron chi connectivity index (χ4n) is 2.75. The Morgan fingerprint density at radius 1 is 1.19 bits per heavy atom. The van der Waals surface area contributed by atoms with Crippen LogP contribution in [-0.4, -0.2) is 60.4 Å². The zero-order chi connectivity index (χ0) is 19.3. The van der Waals surface area contributed by atoms with E-state index in [-0.39, 0.29) is 30.0 Å². The lowest BCUT2D eigenvalue weighted by molar-refractivity contribution is -0.137. The number of halogens is 3. The number of terminal acetylenes is 1. The van der Waals surface area contributed by atoms with Crippen LogP contribution in [0.1, 0.15) is 22.8 Å². The molecule has 1 saturated heterocycles. The molecular formula is C18H20F3N3O2. The average molecular weight is 367 g/mol. The topological polar surface area (TPSA) is 52.7 Å². The van der Waals surface area contributed by atoms with Gasteiger partial charge in [0.15, 0.2) is 0 Å². The highest BCUT2D eigenvalue weighted by Gasteiger charge is 2.31. The molecule has 0 aliphatic carbocycles. The van der Waals surface area contributed by atoms with Crippen LogP contribution < -0.4 is 5.32 Å². The molecule has 0 aromatic heterocycles. The maximum atomic E-state index is 12.6. The summed E-state index contributed by atoms with van der Waals surface area (Å²) in [5.74, 6) is 1.84. The second-order valence-corrected chi connectivity index (χ2v) is 6.00. The quantitative estimate of drug-likeness (QED) is 0.823. The summed E-state index contributed by atoms with van der Waals surface area (Å²) in [5, 5.41) is 2.62. The Bertz CT molecular complexity index is 687. The predicted molar refractivity (Wildman–Crippen MR) is 90.2 cm³/mol. The number of nitrogens with one attached hydrogen (secondary N) is 1. The molecule has 1 heterocycles. The van der Waals surface area contributed by atoms with E-state index in [4.69, 9.17) is 6.42 Å².